The van der Waals surface area contributed by atoms with Gasteiger partial charge >= 0.3 is 0 Å². The molecule has 5 nitrogen and oxygen atoms in total. The minimum absolute atomic E-state index is 0.208. The van der Waals surface area contributed by atoms with Gasteiger partial charge in [0.15, 0.2) is 0 Å². The van der Waals surface area contributed by atoms with Gasteiger partial charge in [0.1, 0.15) is 5.60 Å². The predicted octanol–water partition coefficient (Wildman–Crippen LogP) is 1.65. The van der Waals surface area contributed by atoms with Gasteiger partial charge in [0.25, 0.3) is 5.91 Å². The van der Waals surface area contributed by atoms with Crippen molar-refractivity contribution >= 4 is 35.0 Å². The molecule has 0 spiro atoms. The number of thioether (sulfide) groups is 1. The predicted molar refractivity (Wildman–Crippen MR) is 106 cm³/mol. The van der Waals surface area contributed by atoms with Crippen molar-refractivity contribution in [2.45, 2.75) is 31.2 Å². The number of nitrogens with one attached hydrogen (secondary N) is 1. The molecule has 2 rings (SSSR count). The molecule has 0 aliphatic carbocycles. The Kier molecular flexibility index (Phi) is 7.48. The second kappa shape index (κ2) is 9.60. The summed E-state index contributed by atoms with van der Waals surface area (Å²) in [6, 6.07) is 11.8. The van der Waals surface area contributed by atoms with Crippen LogP contribution in [0.1, 0.15) is 34.0 Å². The first-order valence-corrected chi connectivity index (χ1v) is 10.2. The number of amides is 1. The molecule has 0 unspecified atom stereocenters. The first kappa shape index (κ1) is 21.0. The van der Waals surface area contributed by atoms with E-state index in [0.29, 0.717) is 15.5 Å². The summed E-state index contributed by atoms with van der Waals surface area (Å²) in [4.78, 5) is 24.6. The molecule has 1 aromatic carbocycles. The molecule has 0 aliphatic rings. The number of aliphatic carboxylic acids is 1. The minimum atomic E-state index is -1.32. The highest BCUT2D eigenvalue weighted by Crippen LogP contribution is 2.17. The lowest BCUT2D eigenvalue weighted by Gasteiger charge is -2.19. The average Bonchev–Trinajstić information content (AvgIpc) is 3.08. The summed E-state index contributed by atoms with van der Waals surface area (Å²) in [5.74, 6) is 4.52. The number of carboxylic acid groups (broad SMARTS) is 1. The molecule has 1 aromatic heterocycles. The van der Waals surface area contributed by atoms with Gasteiger partial charge in [0, 0.05) is 11.5 Å². The zero-order chi connectivity index (χ0) is 19.9. The Morgan fingerprint density at radius 3 is 2.59 bits per heavy atom. The van der Waals surface area contributed by atoms with Gasteiger partial charge in [-0.15, -0.1) is 11.3 Å². The third kappa shape index (κ3) is 7.47. The Morgan fingerprint density at radius 2 is 1.96 bits per heavy atom. The Morgan fingerprint density at radius 1 is 1.26 bits per heavy atom. The van der Waals surface area contributed by atoms with Gasteiger partial charge in [0.05, 0.1) is 21.8 Å². The summed E-state index contributed by atoms with van der Waals surface area (Å²) < 4.78 is 0. The number of carbonyl (C=O) groups excluding carboxylic acids is 2. The van der Waals surface area contributed by atoms with E-state index in [2.05, 4.69) is 17.2 Å². The largest absolute Gasteiger partial charge is 0.548 e. The molecule has 1 heterocycles. The van der Waals surface area contributed by atoms with Crippen LogP contribution in [0.3, 0.4) is 0 Å². The molecule has 1 amide bonds. The fraction of sp³-hybridized carbons (Fsp3) is 0.300. The third-order valence-electron chi connectivity index (χ3n) is 3.31. The normalized spacial score (nSPS) is 12.0. The van der Waals surface area contributed by atoms with Crippen molar-refractivity contribution in [3.8, 4) is 11.8 Å². The van der Waals surface area contributed by atoms with Gasteiger partial charge in [0.2, 0.25) is 0 Å². The van der Waals surface area contributed by atoms with E-state index in [1.54, 1.807) is 26.0 Å². The zero-order valence-corrected chi connectivity index (χ0v) is 16.7. The van der Waals surface area contributed by atoms with E-state index < -0.39 is 23.5 Å². The molecule has 0 aliphatic heterocycles. The number of aliphatic hydroxyl groups is 1. The van der Waals surface area contributed by atoms with Crippen LogP contribution in [0.15, 0.2) is 42.5 Å². The Balaban J connectivity index is 1.93. The van der Waals surface area contributed by atoms with Gasteiger partial charge in [-0.1, -0.05) is 42.2 Å². The lowest BCUT2D eigenvalue weighted by atomic mass is 10.1. The van der Waals surface area contributed by atoms with E-state index >= 15 is 0 Å². The molecule has 142 valence electrons. The Bertz CT molecular complexity index is 844. The third-order valence-corrected chi connectivity index (χ3v) is 5.41. The first-order chi connectivity index (χ1) is 12.7. The van der Waals surface area contributed by atoms with Crippen LogP contribution in [-0.4, -0.2) is 34.4 Å². The highest BCUT2D eigenvalue weighted by molar-refractivity contribution is 7.98. The lowest BCUT2D eigenvalue weighted by molar-refractivity contribution is -0.307. The van der Waals surface area contributed by atoms with Gasteiger partial charge in [-0.25, -0.2) is 0 Å². The molecule has 27 heavy (non-hydrogen) atoms. The van der Waals surface area contributed by atoms with Gasteiger partial charge < -0.3 is 20.3 Å². The molecular formula is C20H20NO4S2-. The van der Waals surface area contributed by atoms with Gasteiger partial charge in [-0.05, 0) is 31.5 Å². The highest BCUT2D eigenvalue weighted by Gasteiger charge is 2.16. The molecule has 0 radical (unpaired) electrons. The van der Waals surface area contributed by atoms with Crippen LogP contribution in [-0.2, 0) is 10.5 Å². The fourth-order valence-electron chi connectivity index (χ4n) is 2.01. The molecule has 7 heteroatoms. The van der Waals surface area contributed by atoms with E-state index in [1.807, 2.05) is 30.3 Å². The Hall–Kier alpha value is -2.27. The second-order valence-corrected chi connectivity index (χ2v) is 8.43. The van der Waals surface area contributed by atoms with Crippen LogP contribution in [0.25, 0.3) is 0 Å². The van der Waals surface area contributed by atoms with Crippen molar-refractivity contribution in [2.24, 2.45) is 0 Å². The summed E-state index contributed by atoms with van der Waals surface area (Å²) in [7, 11) is 0. The maximum Gasteiger partial charge on any atom is 0.261 e. The van der Waals surface area contributed by atoms with Crippen molar-refractivity contribution < 1.29 is 19.8 Å². The number of carbonyl (C=O) groups is 2. The van der Waals surface area contributed by atoms with Gasteiger partial charge in [-0.2, -0.15) is 11.8 Å². The number of hydrogen-bond acceptors (Lipinski definition) is 6. The van der Waals surface area contributed by atoms with Crippen molar-refractivity contribution in [1.82, 2.24) is 5.32 Å². The van der Waals surface area contributed by atoms with Crippen molar-refractivity contribution in [3.63, 3.8) is 0 Å². The lowest BCUT2D eigenvalue weighted by Crippen LogP contribution is -2.49. The molecular weight excluding hydrogens is 382 g/mol. The summed E-state index contributed by atoms with van der Waals surface area (Å²) in [6.07, 6.45) is 0. The summed E-state index contributed by atoms with van der Waals surface area (Å²) in [5, 5.41) is 23.5. The summed E-state index contributed by atoms with van der Waals surface area (Å²) >= 11 is 2.55. The smallest absolute Gasteiger partial charge is 0.261 e. The van der Waals surface area contributed by atoms with E-state index in [9.17, 15) is 19.8 Å². The summed E-state index contributed by atoms with van der Waals surface area (Å²) in [5.41, 5.74) is -0.0400. The van der Waals surface area contributed by atoms with Crippen LogP contribution < -0.4 is 10.4 Å². The minimum Gasteiger partial charge on any atom is -0.548 e. The van der Waals surface area contributed by atoms with Crippen molar-refractivity contribution in [1.29, 1.82) is 0 Å². The molecule has 0 bridgehead atoms. The van der Waals surface area contributed by atoms with E-state index in [0.717, 1.165) is 16.9 Å². The second-order valence-electron chi connectivity index (χ2n) is 6.32. The van der Waals surface area contributed by atoms with Crippen molar-refractivity contribution in [2.75, 3.05) is 5.75 Å². The van der Waals surface area contributed by atoms with Crippen molar-refractivity contribution in [3.05, 3.63) is 57.8 Å². The van der Waals surface area contributed by atoms with Crippen LogP contribution in [0.2, 0.25) is 0 Å². The fourth-order valence-corrected chi connectivity index (χ4v) is 3.77. The van der Waals surface area contributed by atoms with Crippen LogP contribution >= 0.6 is 23.1 Å². The number of thiophene rings is 1. The van der Waals surface area contributed by atoms with Gasteiger partial charge in [-0.3, -0.25) is 4.79 Å². The number of carboxylic acids is 1. The standard InChI is InChI=1S/C20H21NO4S2/c1-20(2,25)11-10-15-8-9-17(27-15)18(22)21-16(19(23)24)13-26-12-14-6-4-3-5-7-14/h3-9,16,25H,12-13H2,1-2H3,(H,21,22)(H,23,24)/p-1/t16-/m1/s1. The molecule has 0 saturated heterocycles. The Labute approximate surface area is 166 Å². The maximum absolute atomic E-state index is 12.3. The van der Waals surface area contributed by atoms with Crippen LogP contribution in [0.4, 0.5) is 0 Å². The molecule has 1 atom stereocenters. The molecule has 2 N–H and O–H groups in total. The number of hydrogen-bond donors (Lipinski definition) is 2. The average molecular weight is 403 g/mol. The topological polar surface area (TPSA) is 89.5 Å². The maximum atomic E-state index is 12.3. The van der Waals surface area contributed by atoms with Crippen LogP contribution in [0, 0.1) is 11.8 Å². The van der Waals surface area contributed by atoms with E-state index in [-0.39, 0.29) is 5.75 Å². The highest BCUT2D eigenvalue weighted by atomic mass is 32.2. The monoisotopic (exact) mass is 402 g/mol. The molecule has 0 saturated carbocycles. The molecule has 0 fully saturated rings. The first-order valence-electron chi connectivity index (χ1n) is 8.23. The van der Waals surface area contributed by atoms with E-state index in [1.165, 1.54) is 11.8 Å². The van der Waals surface area contributed by atoms with E-state index in [4.69, 9.17) is 0 Å². The molecule has 2 aromatic rings. The summed E-state index contributed by atoms with van der Waals surface area (Å²) in [6.45, 7) is 3.14. The van der Waals surface area contributed by atoms with Crippen LogP contribution in [0.5, 0.6) is 0 Å². The zero-order valence-electron chi connectivity index (χ0n) is 15.0. The number of benzene rings is 1. The quantitative estimate of drug-likeness (QED) is 0.688. The number of rotatable bonds is 7. The SMILES string of the molecule is CC(C)(O)C#Cc1ccc(C(=O)N[C@H](CSCc2ccccc2)C(=O)[O-])s1.